The van der Waals surface area contributed by atoms with Crippen LogP contribution in [0.25, 0.3) is 10.8 Å². The van der Waals surface area contributed by atoms with E-state index in [1.54, 1.807) is 18.2 Å². The first-order valence-electron chi connectivity index (χ1n) is 9.64. The largest absolute Gasteiger partial charge is 0.348 e. The number of rotatable bonds is 7. The van der Waals surface area contributed by atoms with E-state index in [0.29, 0.717) is 0 Å². The number of amides is 1. The zero-order chi connectivity index (χ0) is 21.0. The maximum Gasteiger partial charge on any atom is 0.243 e. The number of hydrogen-bond donors (Lipinski definition) is 1. The Morgan fingerprint density at radius 2 is 1.66 bits per heavy atom. The van der Waals surface area contributed by atoms with Gasteiger partial charge in [-0.3, -0.25) is 4.79 Å². The van der Waals surface area contributed by atoms with E-state index in [1.807, 2.05) is 55.5 Å². The minimum absolute atomic E-state index is 0.176. The highest BCUT2D eigenvalue weighted by atomic mass is 32.2. The number of fused-ring (bicyclic) bond motifs is 1. The van der Waals surface area contributed by atoms with E-state index >= 15 is 0 Å². The van der Waals surface area contributed by atoms with Crippen LogP contribution in [0, 0.1) is 0 Å². The number of sulfonamides is 1. The zero-order valence-electron chi connectivity index (χ0n) is 16.9. The molecular formula is C23H26N2O3S. The van der Waals surface area contributed by atoms with E-state index in [-0.39, 0.29) is 23.4 Å². The maximum absolute atomic E-state index is 12.9. The Balaban J connectivity index is 1.68. The van der Waals surface area contributed by atoms with Crippen molar-refractivity contribution < 1.29 is 13.2 Å². The molecule has 1 N–H and O–H groups in total. The molecule has 152 valence electrons. The first kappa shape index (κ1) is 21.0. The van der Waals surface area contributed by atoms with Gasteiger partial charge in [-0.2, -0.15) is 4.31 Å². The third kappa shape index (κ3) is 4.83. The average Bonchev–Trinajstić information content (AvgIpc) is 2.73. The topological polar surface area (TPSA) is 66.5 Å². The molecule has 0 radical (unpaired) electrons. The Hall–Kier alpha value is -2.70. The van der Waals surface area contributed by atoms with Crippen molar-refractivity contribution in [1.82, 2.24) is 9.62 Å². The van der Waals surface area contributed by atoms with Crippen LogP contribution in [-0.4, -0.2) is 32.2 Å². The molecule has 6 heteroatoms. The van der Waals surface area contributed by atoms with Gasteiger partial charge in [-0.25, -0.2) is 8.42 Å². The van der Waals surface area contributed by atoms with E-state index in [1.165, 1.54) is 12.6 Å². The van der Waals surface area contributed by atoms with Gasteiger partial charge in [0.1, 0.15) is 0 Å². The van der Waals surface area contributed by atoms with Crippen molar-refractivity contribution in [2.24, 2.45) is 0 Å². The molecule has 0 saturated heterocycles. The van der Waals surface area contributed by atoms with Crippen molar-refractivity contribution in [3.05, 3.63) is 77.9 Å². The summed E-state index contributed by atoms with van der Waals surface area (Å²) in [6.45, 7) is 3.73. The van der Waals surface area contributed by atoms with Gasteiger partial charge < -0.3 is 5.32 Å². The van der Waals surface area contributed by atoms with Gasteiger partial charge in [0.05, 0.1) is 17.5 Å². The second-order valence-electron chi connectivity index (χ2n) is 7.15. The lowest BCUT2D eigenvalue weighted by Gasteiger charge is -2.20. The number of nitrogens with one attached hydrogen (secondary N) is 1. The van der Waals surface area contributed by atoms with Gasteiger partial charge in [-0.05, 0) is 47.4 Å². The van der Waals surface area contributed by atoms with Crippen molar-refractivity contribution >= 4 is 26.7 Å². The molecule has 0 fully saturated rings. The zero-order valence-corrected chi connectivity index (χ0v) is 17.7. The molecule has 0 spiro atoms. The van der Waals surface area contributed by atoms with E-state index in [0.717, 1.165) is 27.1 Å². The van der Waals surface area contributed by atoms with E-state index in [4.69, 9.17) is 0 Å². The average molecular weight is 411 g/mol. The summed E-state index contributed by atoms with van der Waals surface area (Å²) in [5.74, 6) is -0.344. The van der Waals surface area contributed by atoms with Gasteiger partial charge in [0, 0.05) is 7.05 Å². The highest BCUT2D eigenvalue weighted by molar-refractivity contribution is 7.89. The van der Waals surface area contributed by atoms with Gasteiger partial charge >= 0.3 is 0 Å². The maximum atomic E-state index is 12.9. The predicted molar refractivity (Wildman–Crippen MR) is 116 cm³/mol. The summed E-state index contributed by atoms with van der Waals surface area (Å²) in [4.78, 5) is 12.6. The Morgan fingerprint density at radius 1 is 1.00 bits per heavy atom. The lowest BCUT2D eigenvalue weighted by molar-refractivity contribution is -0.121. The van der Waals surface area contributed by atoms with Crippen LogP contribution < -0.4 is 5.32 Å². The van der Waals surface area contributed by atoms with Crippen LogP contribution in [0.3, 0.4) is 0 Å². The summed E-state index contributed by atoms with van der Waals surface area (Å²) in [7, 11) is -2.34. The lowest BCUT2D eigenvalue weighted by Crippen LogP contribution is -2.39. The third-order valence-corrected chi connectivity index (χ3v) is 6.86. The quantitative estimate of drug-likeness (QED) is 0.642. The normalized spacial score (nSPS) is 12.8. The van der Waals surface area contributed by atoms with E-state index in [9.17, 15) is 13.2 Å². The van der Waals surface area contributed by atoms with Crippen LogP contribution >= 0.6 is 0 Å². The monoisotopic (exact) mass is 410 g/mol. The number of nitrogens with zero attached hydrogens (tertiary/aromatic N) is 1. The summed E-state index contributed by atoms with van der Waals surface area (Å²) >= 11 is 0. The van der Waals surface area contributed by atoms with Crippen LogP contribution in [0.4, 0.5) is 0 Å². The second-order valence-corrected chi connectivity index (χ2v) is 9.20. The molecule has 0 aliphatic carbocycles. The molecule has 0 heterocycles. The predicted octanol–water partition coefficient (Wildman–Crippen LogP) is 3.90. The standard InChI is InChI=1S/C23H26N2O3S/c1-4-18-9-11-19(12-10-18)17(2)24-23(26)16-25(3)29(27,28)22-14-13-20-7-5-6-8-21(20)15-22/h5-15,17H,4,16H2,1-3H3,(H,24,26)/t17-/m0/s1. The SMILES string of the molecule is CCc1ccc([C@H](C)NC(=O)CN(C)S(=O)(=O)c2ccc3ccccc3c2)cc1. The molecule has 0 aliphatic rings. The van der Waals surface area contributed by atoms with Crippen LogP contribution in [0.1, 0.15) is 31.0 Å². The van der Waals surface area contributed by atoms with Gasteiger partial charge in [-0.15, -0.1) is 0 Å². The van der Waals surface area contributed by atoms with Crippen molar-refractivity contribution in [3.63, 3.8) is 0 Å². The number of hydrogen-bond acceptors (Lipinski definition) is 3. The molecule has 0 aromatic heterocycles. The molecule has 0 aliphatic heterocycles. The fourth-order valence-corrected chi connectivity index (χ4v) is 4.37. The number of benzene rings is 3. The molecule has 0 bridgehead atoms. The van der Waals surface area contributed by atoms with Crippen LogP contribution in [-0.2, 0) is 21.2 Å². The lowest BCUT2D eigenvalue weighted by atomic mass is 10.1. The molecule has 29 heavy (non-hydrogen) atoms. The van der Waals surface area contributed by atoms with Gasteiger partial charge in [-0.1, -0.05) is 61.5 Å². The van der Waals surface area contributed by atoms with Crippen LogP contribution in [0.5, 0.6) is 0 Å². The second kappa shape index (κ2) is 8.76. The number of carbonyl (C=O) groups is 1. The molecule has 3 rings (SSSR count). The molecule has 0 unspecified atom stereocenters. The molecular weight excluding hydrogens is 384 g/mol. The van der Waals surface area contributed by atoms with Gasteiger partial charge in [0.2, 0.25) is 15.9 Å². The Morgan fingerprint density at radius 3 is 2.31 bits per heavy atom. The van der Waals surface area contributed by atoms with Gasteiger partial charge in [0.25, 0.3) is 0 Å². The minimum atomic E-state index is -3.76. The molecule has 1 amide bonds. The number of likely N-dealkylation sites (N-methyl/N-ethyl adjacent to an activating group) is 1. The molecule has 3 aromatic carbocycles. The highest BCUT2D eigenvalue weighted by Crippen LogP contribution is 2.21. The molecule has 5 nitrogen and oxygen atoms in total. The highest BCUT2D eigenvalue weighted by Gasteiger charge is 2.24. The summed E-state index contributed by atoms with van der Waals surface area (Å²) in [6, 6.07) is 20.4. The third-order valence-electron chi connectivity index (χ3n) is 5.06. The number of carbonyl (C=O) groups excluding carboxylic acids is 1. The Kier molecular flexibility index (Phi) is 6.35. The van der Waals surface area contributed by atoms with Crippen LogP contribution in [0.15, 0.2) is 71.6 Å². The first-order chi connectivity index (χ1) is 13.8. The Bertz CT molecular complexity index is 1110. The van der Waals surface area contributed by atoms with Crippen LogP contribution in [0.2, 0.25) is 0 Å². The minimum Gasteiger partial charge on any atom is -0.348 e. The summed E-state index contributed by atoms with van der Waals surface area (Å²) in [5.41, 5.74) is 2.21. The smallest absolute Gasteiger partial charge is 0.243 e. The summed E-state index contributed by atoms with van der Waals surface area (Å²) < 4.78 is 26.8. The van der Waals surface area contributed by atoms with Crippen molar-refractivity contribution in [2.45, 2.75) is 31.2 Å². The van der Waals surface area contributed by atoms with Crippen molar-refractivity contribution in [1.29, 1.82) is 0 Å². The summed E-state index contributed by atoms with van der Waals surface area (Å²) in [5, 5.41) is 4.68. The van der Waals surface area contributed by atoms with Gasteiger partial charge in [0.15, 0.2) is 0 Å². The van der Waals surface area contributed by atoms with E-state index < -0.39 is 10.0 Å². The van der Waals surface area contributed by atoms with Crippen molar-refractivity contribution in [2.75, 3.05) is 13.6 Å². The molecule has 1 atom stereocenters. The molecule has 3 aromatic rings. The fraction of sp³-hybridized carbons (Fsp3) is 0.261. The molecule has 0 saturated carbocycles. The summed E-state index contributed by atoms with van der Waals surface area (Å²) in [6.07, 6.45) is 0.957. The first-order valence-corrected chi connectivity index (χ1v) is 11.1. The van der Waals surface area contributed by atoms with Crippen molar-refractivity contribution in [3.8, 4) is 0 Å². The fourth-order valence-electron chi connectivity index (χ4n) is 3.21. The van der Waals surface area contributed by atoms with E-state index in [2.05, 4.69) is 12.2 Å². The number of aryl methyl sites for hydroxylation is 1. The Labute approximate surface area is 172 Å².